The zero-order chi connectivity index (χ0) is 12.3. The number of nitrogens with zero attached hydrogens (tertiary/aromatic N) is 2. The van der Waals surface area contributed by atoms with Gasteiger partial charge in [0, 0.05) is 13.6 Å². The quantitative estimate of drug-likeness (QED) is 0.942. The van der Waals surface area contributed by atoms with Crippen molar-refractivity contribution in [2.45, 2.75) is 6.54 Å². The summed E-state index contributed by atoms with van der Waals surface area (Å²) in [5.41, 5.74) is 1.62. The molecular weight excluding hydrogens is 282 g/mol. The van der Waals surface area contributed by atoms with E-state index in [1.54, 1.807) is 17.9 Å². The first-order chi connectivity index (χ1) is 8.18. The molecule has 0 aliphatic heterocycles. The predicted octanol–water partition coefficient (Wildman–Crippen LogP) is 2.11. The Hall–Kier alpha value is -1.62. The lowest BCUT2D eigenvalue weighted by Crippen LogP contribution is -2.22. The number of hydrogen-bond donors (Lipinski definition) is 1. The van der Waals surface area contributed by atoms with E-state index in [4.69, 9.17) is 0 Å². The zero-order valence-electron chi connectivity index (χ0n) is 9.35. The van der Waals surface area contributed by atoms with Crippen LogP contribution in [0.15, 0.2) is 41.1 Å². The fourth-order valence-corrected chi connectivity index (χ4v) is 1.82. The SMILES string of the molecule is Cn1ncc(C(=O)NCc2ccccc2)c1Br. The van der Waals surface area contributed by atoms with Crippen LogP contribution in [0.1, 0.15) is 15.9 Å². The van der Waals surface area contributed by atoms with Crippen LogP contribution in [0.3, 0.4) is 0 Å². The van der Waals surface area contributed by atoms with Gasteiger partial charge in [0.2, 0.25) is 0 Å². The molecular formula is C12H12BrN3O. The third kappa shape index (κ3) is 2.74. The Morgan fingerprint density at radius 2 is 2.12 bits per heavy atom. The van der Waals surface area contributed by atoms with E-state index < -0.39 is 0 Å². The van der Waals surface area contributed by atoms with Gasteiger partial charge in [0.25, 0.3) is 5.91 Å². The summed E-state index contributed by atoms with van der Waals surface area (Å²) in [5.74, 6) is -0.131. The Morgan fingerprint density at radius 3 is 2.71 bits per heavy atom. The van der Waals surface area contributed by atoms with Crippen molar-refractivity contribution in [1.29, 1.82) is 0 Å². The zero-order valence-corrected chi connectivity index (χ0v) is 10.9. The first-order valence-electron chi connectivity index (χ1n) is 5.18. The Morgan fingerprint density at radius 1 is 1.41 bits per heavy atom. The van der Waals surface area contributed by atoms with Crippen LogP contribution < -0.4 is 5.32 Å². The fraction of sp³-hybridized carbons (Fsp3) is 0.167. The second kappa shape index (κ2) is 5.14. The highest BCUT2D eigenvalue weighted by Gasteiger charge is 2.13. The molecule has 0 radical (unpaired) electrons. The molecule has 1 aromatic carbocycles. The summed E-state index contributed by atoms with van der Waals surface area (Å²) in [5, 5.41) is 6.85. The van der Waals surface area contributed by atoms with Gasteiger partial charge < -0.3 is 5.32 Å². The van der Waals surface area contributed by atoms with E-state index in [9.17, 15) is 4.79 Å². The number of amides is 1. The van der Waals surface area contributed by atoms with Gasteiger partial charge in [-0.2, -0.15) is 5.10 Å². The van der Waals surface area contributed by atoms with Crippen LogP contribution in [0.25, 0.3) is 0 Å². The van der Waals surface area contributed by atoms with Crippen LogP contribution in [0.4, 0.5) is 0 Å². The smallest absolute Gasteiger partial charge is 0.255 e. The van der Waals surface area contributed by atoms with E-state index in [0.29, 0.717) is 16.7 Å². The number of halogens is 1. The molecule has 0 bridgehead atoms. The number of nitrogens with one attached hydrogen (secondary N) is 1. The van der Waals surface area contributed by atoms with E-state index in [-0.39, 0.29) is 5.91 Å². The second-order valence-electron chi connectivity index (χ2n) is 3.64. The van der Waals surface area contributed by atoms with E-state index in [0.717, 1.165) is 5.56 Å². The van der Waals surface area contributed by atoms with Crippen molar-refractivity contribution >= 4 is 21.8 Å². The average Bonchev–Trinajstić information content (AvgIpc) is 2.69. The van der Waals surface area contributed by atoms with Crippen LogP contribution in [0.2, 0.25) is 0 Å². The highest BCUT2D eigenvalue weighted by atomic mass is 79.9. The molecule has 88 valence electrons. The summed E-state index contributed by atoms with van der Waals surface area (Å²) in [6.45, 7) is 0.515. The lowest BCUT2D eigenvalue weighted by Gasteiger charge is -2.04. The first kappa shape index (κ1) is 11.9. The summed E-state index contributed by atoms with van der Waals surface area (Å²) in [6.07, 6.45) is 1.55. The molecule has 1 N–H and O–H groups in total. The van der Waals surface area contributed by atoms with Gasteiger partial charge in [-0.1, -0.05) is 30.3 Å². The van der Waals surface area contributed by atoms with Crippen molar-refractivity contribution in [3.8, 4) is 0 Å². The molecule has 5 heteroatoms. The molecule has 0 atom stereocenters. The van der Waals surface area contributed by atoms with E-state index in [1.807, 2.05) is 30.3 Å². The van der Waals surface area contributed by atoms with Gasteiger partial charge in [-0.25, -0.2) is 0 Å². The second-order valence-corrected chi connectivity index (χ2v) is 4.39. The maximum absolute atomic E-state index is 11.9. The van der Waals surface area contributed by atoms with Gasteiger partial charge in [0.05, 0.1) is 11.8 Å². The van der Waals surface area contributed by atoms with Gasteiger partial charge in [0.15, 0.2) is 0 Å². The van der Waals surface area contributed by atoms with Crippen molar-refractivity contribution < 1.29 is 4.79 Å². The number of benzene rings is 1. The van der Waals surface area contributed by atoms with Crippen LogP contribution in [0, 0.1) is 0 Å². The number of rotatable bonds is 3. The van der Waals surface area contributed by atoms with Crippen molar-refractivity contribution in [1.82, 2.24) is 15.1 Å². The maximum atomic E-state index is 11.9. The molecule has 0 aliphatic rings. The first-order valence-corrected chi connectivity index (χ1v) is 5.97. The molecule has 0 fully saturated rings. The lowest BCUT2D eigenvalue weighted by molar-refractivity contribution is 0.0950. The number of aromatic nitrogens is 2. The molecule has 0 saturated heterocycles. The topological polar surface area (TPSA) is 46.9 Å². The number of hydrogen-bond acceptors (Lipinski definition) is 2. The number of aryl methyl sites for hydroxylation is 1. The van der Waals surface area contributed by atoms with Crippen LogP contribution in [0.5, 0.6) is 0 Å². The molecule has 1 aromatic heterocycles. The molecule has 0 aliphatic carbocycles. The third-order valence-corrected chi connectivity index (χ3v) is 3.35. The maximum Gasteiger partial charge on any atom is 0.255 e. The third-order valence-electron chi connectivity index (χ3n) is 2.41. The van der Waals surface area contributed by atoms with E-state index in [2.05, 4.69) is 26.3 Å². The Balaban J connectivity index is 2.01. The summed E-state index contributed by atoms with van der Waals surface area (Å²) < 4.78 is 2.29. The van der Waals surface area contributed by atoms with Gasteiger partial charge in [-0.15, -0.1) is 0 Å². The highest BCUT2D eigenvalue weighted by molar-refractivity contribution is 9.10. The van der Waals surface area contributed by atoms with Crippen LogP contribution in [-0.2, 0) is 13.6 Å². The van der Waals surface area contributed by atoms with Gasteiger partial charge in [-0.05, 0) is 21.5 Å². The number of carbonyl (C=O) groups is 1. The van der Waals surface area contributed by atoms with Crippen molar-refractivity contribution in [2.75, 3.05) is 0 Å². The Labute approximate surface area is 108 Å². The minimum atomic E-state index is -0.131. The summed E-state index contributed by atoms with van der Waals surface area (Å²) in [4.78, 5) is 11.9. The normalized spacial score (nSPS) is 10.2. The average molecular weight is 294 g/mol. The summed E-state index contributed by atoms with van der Waals surface area (Å²) in [6, 6.07) is 9.78. The summed E-state index contributed by atoms with van der Waals surface area (Å²) in [7, 11) is 1.78. The minimum Gasteiger partial charge on any atom is -0.348 e. The van der Waals surface area contributed by atoms with E-state index in [1.165, 1.54) is 0 Å². The molecule has 4 nitrogen and oxygen atoms in total. The molecule has 0 spiro atoms. The Bertz CT molecular complexity index is 522. The molecule has 2 rings (SSSR count). The molecule has 17 heavy (non-hydrogen) atoms. The van der Waals surface area contributed by atoms with Crippen molar-refractivity contribution in [2.24, 2.45) is 7.05 Å². The van der Waals surface area contributed by atoms with Crippen molar-refractivity contribution in [3.63, 3.8) is 0 Å². The van der Waals surface area contributed by atoms with E-state index >= 15 is 0 Å². The van der Waals surface area contributed by atoms with Gasteiger partial charge >= 0.3 is 0 Å². The van der Waals surface area contributed by atoms with Crippen LogP contribution >= 0.6 is 15.9 Å². The largest absolute Gasteiger partial charge is 0.348 e. The molecule has 1 amide bonds. The highest BCUT2D eigenvalue weighted by Crippen LogP contribution is 2.14. The minimum absolute atomic E-state index is 0.131. The standard InChI is InChI=1S/C12H12BrN3O/c1-16-11(13)10(8-15-16)12(17)14-7-9-5-3-2-4-6-9/h2-6,8H,7H2,1H3,(H,14,17). The molecule has 0 saturated carbocycles. The van der Waals surface area contributed by atoms with Crippen molar-refractivity contribution in [3.05, 3.63) is 52.3 Å². The fourth-order valence-electron chi connectivity index (χ4n) is 1.45. The van der Waals surface area contributed by atoms with Gasteiger partial charge in [0.1, 0.15) is 4.60 Å². The van der Waals surface area contributed by atoms with Gasteiger partial charge in [-0.3, -0.25) is 9.48 Å². The molecule has 2 aromatic rings. The lowest BCUT2D eigenvalue weighted by atomic mass is 10.2. The number of carbonyl (C=O) groups excluding carboxylic acids is 1. The molecule has 1 heterocycles. The predicted molar refractivity (Wildman–Crippen MR) is 68.5 cm³/mol. The van der Waals surface area contributed by atoms with Crippen LogP contribution in [-0.4, -0.2) is 15.7 Å². The monoisotopic (exact) mass is 293 g/mol. The Kier molecular flexibility index (Phi) is 3.58. The molecule has 0 unspecified atom stereocenters. The summed E-state index contributed by atoms with van der Waals surface area (Å²) >= 11 is 3.32.